The first-order valence-corrected chi connectivity index (χ1v) is 6.46. The van der Waals surface area contributed by atoms with Gasteiger partial charge in [0.1, 0.15) is 23.1 Å². The average molecular weight is 197 g/mol. The fraction of sp³-hybridized carbons (Fsp3) is 0.455. The second-order valence-electron chi connectivity index (χ2n) is 3.50. The smallest absolute Gasteiger partial charge is 0.133 e. The average Bonchev–Trinajstić information content (AvgIpc) is 2.62. The van der Waals surface area contributed by atoms with Crippen molar-refractivity contribution in [2.45, 2.75) is 18.6 Å². The van der Waals surface area contributed by atoms with E-state index in [4.69, 9.17) is 0 Å². The maximum atomic E-state index is 12.6. The van der Waals surface area contributed by atoms with E-state index in [2.05, 4.69) is 0 Å². The fourth-order valence-electron chi connectivity index (χ4n) is 1.68. The van der Waals surface area contributed by atoms with Gasteiger partial charge in [-0.1, -0.05) is 12.1 Å². The van der Waals surface area contributed by atoms with Gasteiger partial charge in [0.25, 0.3) is 0 Å². The third kappa shape index (κ3) is 2.47. The monoisotopic (exact) mass is 197 g/mol. The van der Waals surface area contributed by atoms with Gasteiger partial charge in [-0.3, -0.25) is 0 Å². The summed E-state index contributed by atoms with van der Waals surface area (Å²) in [7, 11) is 0.593. The van der Waals surface area contributed by atoms with Crippen LogP contribution in [0.5, 0.6) is 0 Å². The van der Waals surface area contributed by atoms with Gasteiger partial charge >= 0.3 is 0 Å². The molecule has 0 aliphatic carbocycles. The van der Waals surface area contributed by atoms with Gasteiger partial charge in [-0.05, 0) is 35.9 Å². The van der Waals surface area contributed by atoms with Crippen molar-refractivity contribution in [2.24, 2.45) is 0 Å². The molecule has 1 fully saturated rings. The van der Waals surface area contributed by atoms with Crippen LogP contribution in [0, 0.1) is 5.82 Å². The van der Waals surface area contributed by atoms with Gasteiger partial charge in [0, 0.05) is 5.56 Å². The summed E-state index contributed by atoms with van der Waals surface area (Å²) in [4.78, 5) is 0. The van der Waals surface area contributed by atoms with Crippen LogP contribution in [0.15, 0.2) is 24.3 Å². The maximum Gasteiger partial charge on any atom is 0.133 e. The zero-order valence-electron chi connectivity index (χ0n) is 7.63. The molecule has 0 N–H and O–H groups in total. The maximum absolute atomic E-state index is 12.6. The van der Waals surface area contributed by atoms with Gasteiger partial charge < -0.3 is 0 Å². The summed E-state index contributed by atoms with van der Waals surface area (Å²) in [6.45, 7) is 0. The zero-order valence-corrected chi connectivity index (χ0v) is 8.45. The third-order valence-corrected chi connectivity index (χ3v) is 4.87. The first-order valence-electron chi connectivity index (χ1n) is 4.73. The van der Waals surface area contributed by atoms with Gasteiger partial charge in [0.05, 0.1) is 0 Å². The molecule has 1 aromatic rings. The molecule has 0 aromatic heterocycles. The highest BCUT2D eigenvalue weighted by atomic mass is 32.2. The Morgan fingerprint density at radius 1 is 1.08 bits per heavy atom. The Balaban J connectivity index is 1.97. The van der Waals surface area contributed by atoms with Crippen LogP contribution in [0.3, 0.4) is 0 Å². The van der Waals surface area contributed by atoms with Crippen molar-refractivity contribution in [3.05, 3.63) is 35.6 Å². The Morgan fingerprint density at radius 3 is 2.31 bits per heavy atom. The van der Waals surface area contributed by atoms with Crippen molar-refractivity contribution in [2.75, 3.05) is 11.5 Å². The molecule has 0 saturated carbocycles. The minimum atomic E-state index is -0.126. The summed E-state index contributed by atoms with van der Waals surface area (Å²) in [5.41, 5.74) is 1.30. The Hall–Kier alpha value is -0.500. The summed E-state index contributed by atoms with van der Waals surface area (Å²) in [5, 5.41) is 0. The van der Waals surface area contributed by atoms with E-state index in [0.29, 0.717) is 10.9 Å². The number of hydrogen-bond acceptors (Lipinski definition) is 0. The molecule has 0 spiro atoms. The van der Waals surface area contributed by atoms with Gasteiger partial charge in [-0.15, -0.1) is 0 Å². The van der Waals surface area contributed by atoms with E-state index >= 15 is 0 Å². The van der Waals surface area contributed by atoms with E-state index in [9.17, 15) is 4.39 Å². The van der Waals surface area contributed by atoms with Crippen molar-refractivity contribution in [1.82, 2.24) is 0 Å². The summed E-state index contributed by atoms with van der Waals surface area (Å²) >= 11 is 0. The number of halogens is 1. The van der Waals surface area contributed by atoms with Gasteiger partial charge in [-0.2, -0.15) is 0 Å². The van der Waals surface area contributed by atoms with Gasteiger partial charge in [-0.25, -0.2) is 4.39 Å². The molecule has 1 aliphatic heterocycles. The molecule has 0 radical (unpaired) electrons. The van der Waals surface area contributed by atoms with Crippen LogP contribution >= 0.6 is 0 Å². The van der Waals surface area contributed by atoms with Crippen molar-refractivity contribution in [3.63, 3.8) is 0 Å². The highest BCUT2D eigenvalue weighted by Gasteiger charge is 2.23. The lowest BCUT2D eigenvalue weighted by Crippen LogP contribution is -2.06. The van der Waals surface area contributed by atoms with Crippen molar-refractivity contribution in [3.8, 4) is 0 Å². The zero-order chi connectivity index (χ0) is 9.10. The predicted molar refractivity (Wildman–Crippen MR) is 56.4 cm³/mol. The van der Waals surface area contributed by atoms with Crippen molar-refractivity contribution in [1.29, 1.82) is 0 Å². The molecule has 0 atom stereocenters. The molecule has 0 unspecified atom stereocenters. The molecule has 0 bridgehead atoms. The molecule has 13 heavy (non-hydrogen) atoms. The molecule has 2 heteroatoms. The van der Waals surface area contributed by atoms with E-state index in [1.807, 2.05) is 12.1 Å². The highest BCUT2D eigenvalue weighted by molar-refractivity contribution is 7.96. The second-order valence-corrected chi connectivity index (χ2v) is 5.83. The third-order valence-electron chi connectivity index (χ3n) is 2.40. The normalized spacial score (nSPS) is 17.9. The predicted octanol–water partition coefficient (Wildman–Crippen LogP) is 2.74. The first-order chi connectivity index (χ1) is 6.34. The van der Waals surface area contributed by atoms with E-state index < -0.39 is 0 Å². The topological polar surface area (TPSA) is 0 Å². The molecule has 1 aromatic carbocycles. The summed E-state index contributed by atoms with van der Waals surface area (Å²) in [6.07, 6.45) is 2.79. The largest absolute Gasteiger partial charge is 0.207 e. The van der Waals surface area contributed by atoms with Crippen LogP contribution in [0.4, 0.5) is 4.39 Å². The lowest BCUT2D eigenvalue weighted by atomic mass is 10.2. The molecule has 70 valence electrons. The fourth-order valence-corrected chi connectivity index (χ4v) is 4.06. The summed E-state index contributed by atoms with van der Waals surface area (Å²) in [6, 6.07) is 6.96. The Labute approximate surface area is 81.5 Å². The molecule has 1 heterocycles. The number of rotatable bonds is 2. The molecule has 1 saturated heterocycles. The summed E-state index contributed by atoms with van der Waals surface area (Å²) in [5.74, 6) is 3.81. The quantitative estimate of drug-likeness (QED) is 0.639. The molecule has 2 rings (SSSR count). The highest BCUT2D eigenvalue weighted by Crippen LogP contribution is 2.18. The van der Waals surface area contributed by atoms with E-state index in [-0.39, 0.29) is 5.82 Å². The van der Waals surface area contributed by atoms with Crippen LogP contribution in [0.25, 0.3) is 0 Å². The molecular formula is C11H14FS+. The molecular weight excluding hydrogens is 183 g/mol. The Kier molecular flexibility index (Phi) is 2.89. The SMILES string of the molecule is Fc1ccc(C[S+]2CCCC2)cc1. The first kappa shape index (κ1) is 9.07. The van der Waals surface area contributed by atoms with Crippen molar-refractivity contribution < 1.29 is 4.39 Å². The lowest BCUT2D eigenvalue weighted by Gasteiger charge is -2.00. The molecule has 1 aliphatic rings. The summed E-state index contributed by atoms with van der Waals surface area (Å²) < 4.78 is 12.6. The lowest BCUT2D eigenvalue weighted by molar-refractivity contribution is 0.627. The molecule has 0 amide bonds. The van der Waals surface area contributed by atoms with E-state index in [1.165, 1.54) is 35.7 Å². The van der Waals surface area contributed by atoms with E-state index in [0.717, 1.165) is 0 Å². The Morgan fingerprint density at radius 2 is 1.69 bits per heavy atom. The standard InChI is InChI=1S/C11H14FS/c12-11-5-3-10(4-6-11)9-13-7-1-2-8-13/h3-6H,1-2,7-9H2/q+1. The van der Waals surface area contributed by atoms with Crippen LogP contribution in [0.2, 0.25) is 0 Å². The minimum Gasteiger partial charge on any atom is -0.207 e. The van der Waals surface area contributed by atoms with E-state index in [1.54, 1.807) is 12.1 Å². The van der Waals surface area contributed by atoms with Crippen molar-refractivity contribution >= 4 is 10.9 Å². The number of benzene rings is 1. The van der Waals surface area contributed by atoms with Crippen LogP contribution in [0.1, 0.15) is 18.4 Å². The minimum absolute atomic E-state index is 0.126. The second kappa shape index (κ2) is 4.14. The van der Waals surface area contributed by atoms with Crippen LogP contribution in [-0.2, 0) is 16.6 Å². The molecule has 0 nitrogen and oxygen atoms in total. The number of hydrogen-bond donors (Lipinski definition) is 0. The van der Waals surface area contributed by atoms with Gasteiger partial charge in [0.15, 0.2) is 0 Å². The van der Waals surface area contributed by atoms with Crippen LogP contribution < -0.4 is 0 Å². The van der Waals surface area contributed by atoms with Gasteiger partial charge in [0.2, 0.25) is 0 Å². The van der Waals surface area contributed by atoms with Crippen LogP contribution in [-0.4, -0.2) is 11.5 Å². The Bertz CT molecular complexity index is 262.